The van der Waals surface area contributed by atoms with Gasteiger partial charge in [0.05, 0.1) is 6.04 Å². The molecule has 1 aliphatic carbocycles. The molecule has 19 heavy (non-hydrogen) atoms. The van der Waals surface area contributed by atoms with E-state index in [1.807, 2.05) is 19.1 Å². The number of benzene rings is 2. The van der Waals surface area contributed by atoms with Crippen LogP contribution in [0.2, 0.25) is 0 Å². The minimum absolute atomic E-state index is 0.0619. The first-order valence-electron chi connectivity index (χ1n) is 6.44. The second kappa shape index (κ2) is 4.65. The molecular weight excluding hydrogens is 244 g/mol. The summed E-state index contributed by atoms with van der Waals surface area (Å²) in [6, 6.07) is 10.1. The summed E-state index contributed by atoms with van der Waals surface area (Å²) in [5, 5.41) is 3.30. The van der Waals surface area contributed by atoms with Crippen molar-refractivity contribution in [2.24, 2.45) is 0 Å². The van der Waals surface area contributed by atoms with Crippen LogP contribution in [0.4, 0.5) is 14.5 Å². The number of anilines is 1. The van der Waals surface area contributed by atoms with E-state index in [2.05, 4.69) is 5.32 Å². The van der Waals surface area contributed by atoms with Crippen molar-refractivity contribution in [3.05, 3.63) is 64.7 Å². The Kier molecular flexibility index (Phi) is 2.97. The molecule has 3 heteroatoms. The van der Waals surface area contributed by atoms with Gasteiger partial charge in [0.1, 0.15) is 11.6 Å². The van der Waals surface area contributed by atoms with Crippen molar-refractivity contribution in [2.75, 3.05) is 5.32 Å². The topological polar surface area (TPSA) is 12.0 Å². The SMILES string of the molecule is Cc1cc(F)cc(NC2CCc3c(F)cccc32)c1. The van der Waals surface area contributed by atoms with Gasteiger partial charge in [-0.3, -0.25) is 0 Å². The number of halogens is 2. The largest absolute Gasteiger partial charge is 0.378 e. The smallest absolute Gasteiger partial charge is 0.126 e. The molecule has 0 amide bonds. The van der Waals surface area contributed by atoms with Crippen molar-refractivity contribution in [3.63, 3.8) is 0 Å². The van der Waals surface area contributed by atoms with E-state index in [0.717, 1.165) is 35.2 Å². The van der Waals surface area contributed by atoms with Gasteiger partial charge in [0.15, 0.2) is 0 Å². The zero-order valence-corrected chi connectivity index (χ0v) is 10.7. The zero-order chi connectivity index (χ0) is 13.4. The number of rotatable bonds is 2. The standard InChI is InChI=1S/C16H15F2N/c1-10-7-11(17)9-12(8-10)19-16-6-5-13-14(16)3-2-4-15(13)18/h2-4,7-9,16,19H,5-6H2,1H3. The van der Waals surface area contributed by atoms with Crippen molar-refractivity contribution < 1.29 is 8.78 Å². The fraction of sp³-hybridized carbons (Fsp3) is 0.250. The molecule has 0 aliphatic heterocycles. The zero-order valence-electron chi connectivity index (χ0n) is 10.7. The Labute approximate surface area is 111 Å². The Bertz CT molecular complexity index is 602. The monoisotopic (exact) mass is 259 g/mol. The van der Waals surface area contributed by atoms with Gasteiger partial charge in [-0.05, 0) is 60.7 Å². The van der Waals surface area contributed by atoms with E-state index in [1.54, 1.807) is 6.07 Å². The van der Waals surface area contributed by atoms with Crippen molar-refractivity contribution in [1.82, 2.24) is 0 Å². The Balaban J connectivity index is 1.89. The molecule has 0 heterocycles. The molecular formula is C16H15F2N. The summed E-state index contributed by atoms with van der Waals surface area (Å²) in [7, 11) is 0. The van der Waals surface area contributed by atoms with Crippen molar-refractivity contribution in [1.29, 1.82) is 0 Å². The van der Waals surface area contributed by atoms with Crippen molar-refractivity contribution >= 4 is 5.69 Å². The lowest BCUT2D eigenvalue weighted by molar-refractivity contribution is 0.612. The van der Waals surface area contributed by atoms with Gasteiger partial charge in [-0.25, -0.2) is 8.78 Å². The normalized spacial score (nSPS) is 17.3. The third-order valence-corrected chi connectivity index (χ3v) is 3.60. The second-order valence-corrected chi connectivity index (χ2v) is 5.06. The first-order chi connectivity index (χ1) is 9.13. The first-order valence-corrected chi connectivity index (χ1v) is 6.44. The molecule has 0 saturated heterocycles. The number of aryl methyl sites for hydroxylation is 1. The molecule has 1 N–H and O–H groups in total. The predicted molar refractivity (Wildman–Crippen MR) is 72.2 cm³/mol. The minimum atomic E-state index is -0.250. The third kappa shape index (κ3) is 2.33. The lowest BCUT2D eigenvalue weighted by Gasteiger charge is -2.16. The van der Waals surface area contributed by atoms with Crippen LogP contribution in [-0.2, 0) is 6.42 Å². The van der Waals surface area contributed by atoms with Gasteiger partial charge in [0.25, 0.3) is 0 Å². The lowest BCUT2D eigenvalue weighted by atomic mass is 10.1. The molecule has 0 fully saturated rings. The van der Waals surface area contributed by atoms with E-state index in [-0.39, 0.29) is 17.7 Å². The third-order valence-electron chi connectivity index (χ3n) is 3.60. The summed E-state index contributed by atoms with van der Waals surface area (Å²) < 4.78 is 27.0. The van der Waals surface area contributed by atoms with Gasteiger partial charge in [-0.1, -0.05) is 12.1 Å². The number of nitrogens with one attached hydrogen (secondary N) is 1. The molecule has 0 spiro atoms. The van der Waals surface area contributed by atoms with E-state index in [1.165, 1.54) is 18.2 Å². The molecule has 1 nitrogen and oxygen atoms in total. The van der Waals surface area contributed by atoms with Crippen LogP contribution in [0, 0.1) is 18.6 Å². The number of hydrogen-bond donors (Lipinski definition) is 1. The van der Waals surface area contributed by atoms with Crippen LogP contribution in [0.3, 0.4) is 0 Å². The Morgan fingerprint density at radius 3 is 2.79 bits per heavy atom. The molecule has 98 valence electrons. The van der Waals surface area contributed by atoms with Crippen LogP contribution >= 0.6 is 0 Å². The quantitative estimate of drug-likeness (QED) is 0.844. The van der Waals surface area contributed by atoms with Crippen LogP contribution in [0.15, 0.2) is 36.4 Å². The van der Waals surface area contributed by atoms with E-state index >= 15 is 0 Å². The fourth-order valence-corrected chi connectivity index (χ4v) is 2.78. The van der Waals surface area contributed by atoms with Gasteiger partial charge < -0.3 is 5.32 Å². The van der Waals surface area contributed by atoms with E-state index in [9.17, 15) is 8.78 Å². The Morgan fingerprint density at radius 1 is 1.16 bits per heavy atom. The van der Waals surface area contributed by atoms with Gasteiger partial charge in [-0.15, -0.1) is 0 Å². The summed E-state index contributed by atoms with van der Waals surface area (Å²) in [6.45, 7) is 1.86. The molecule has 2 aromatic carbocycles. The van der Waals surface area contributed by atoms with E-state index in [0.29, 0.717) is 0 Å². The van der Waals surface area contributed by atoms with Crippen LogP contribution < -0.4 is 5.32 Å². The van der Waals surface area contributed by atoms with Crippen molar-refractivity contribution in [2.45, 2.75) is 25.8 Å². The summed E-state index contributed by atoms with van der Waals surface area (Å²) in [5.74, 6) is -0.391. The average Bonchev–Trinajstić information content (AvgIpc) is 2.73. The van der Waals surface area contributed by atoms with Gasteiger partial charge in [-0.2, -0.15) is 0 Å². The number of fused-ring (bicyclic) bond motifs is 1. The second-order valence-electron chi connectivity index (χ2n) is 5.06. The van der Waals surface area contributed by atoms with Gasteiger partial charge in [0.2, 0.25) is 0 Å². The molecule has 0 saturated carbocycles. The van der Waals surface area contributed by atoms with Crippen LogP contribution in [0.25, 0.3) is 0 Å². The van der Waals surface area contributed by atoms with Gasteiger partial charge >= 0.3 is 0 Å². The number of hydrogen-bond acceptors (Lipinski definition) is 1. The highest BCUT2D eigenvalue weighted by molar-refractivity contribution is 5.50. The predicted octanol–water partition coefficient (Wildman–Crippen LogP) is 4.37. The average molecular weight is 259 g/mol. The summed E-state index contributed by atoms with van der Waals surface area (Å²) >= 11 is 0. The van der Waals surface area contributed by atoms with Crippen LogP contribution in [0.1, 0.15) is 29.2 Å². The molecule has 1 atom stereocenters. The molecule has 2 aromatic rings. The summed E-state index contributed by atoms with van der Waals surface area (Å²) in [6.07, 6.45) is 1.57. The fourth-order valence-electron chi connectivity index (χ4n) is 2.78. The molecule has 1 unspecified atom stereocenters. The van der Waals surface area contributed by atoms with E-state index in [4.69, 9.17) is 0 Å². The molecule has 0 radical (unpaired) electrons. The van der Waals surface area contributed by atoms with Crippen LogP contribution in [0.5, 0.6) is 0 Å². The molecule has 1 aliphatic rings. The van der Waals surface area contributed by atoms with Crippen LogP contribution in [-0.4, -0.2) is 0 Å². The Morgan fingerprint density at radius 2 is 2.00 bits per heavy atom. The maximum atomic E-state index is 13.6. The summed E-state index contributed by atoms with van der Waals surface area (Å²) in [5.41, 5.74) is 3.40. The lowest BCUT2D eigenvalue weighted by Crippen LogP contribution is -2.07. The Hall–Kier alpha value is -1.90. The maximum Gasteiger partial charge on any atom is 0.126 e. The molecule has 0 aromatic heterocycles. The van der Waals surface area contributed by atoms with E-state index < -0.39 is 0 Å². The first kappa shape index (κ1) is 12.2. The summed E-state index contributed by atoms with van der Waals surface area (Å²) in [4.78, 5) is 0. The maximum absolute atomic E-state index is 13.6. The molecule has 0 bridgehead atoms. The molecule has 3 rings (SSSR count). The van der Waals surface area contributed by atoms with Crippen molar-refractivity contribution in [3.8, 4) is 0 Å². The highest BCUT2D eigenvalue weighted by Gasteiger charge is 2.24. The van der Waals surface area contributed by atoms with Gasteiger partial charge in [0, 0.05) is 5.69 Å². The highest BCUT2D eigenvalue weighted by Crippen LogP contribution is 2.35. The highest BCUT2D eigenvalue weighted by atomic mass is 19.1. The minimum Gasteiger partial charge on any atom is -0.378 e.